The summed E-state index contributed by atoms with van der Waals surface area (Å²) in [7, 11) is 0. The Kier molecular flexibility index (Phi) is 5.47. The van der Waals surface area contributed by atoms with Gasteiger partial charge in [0, 0.05) is 12.1 Å². The summed E-state index contributed by atoms with van der Waals surface area (Å²) in [6, 6.07) is 23.0. The minimum atomic E-state index is -0.131. The predicted molar refractivity (Wildman–Crippen MR) is 110 cm³/mol. The van der Waals surface area contributed by atoms with E-state index in [0.29, 0.717) is 24.3 Å². The molecule has 0 bridgehead atoms. The molecule has 0 radical (unpaired) electrons. The lowest BCUT2D eigenvalue weighted by Gasteiger charge is -2.06. The van der Waals surface area contributed by atoms with Crippen molar-refractivity contribution in [3.63, 3.8) is 0 Å². The van der Waals surface area contributed by atoms with Crippen LogP contribution in [0.2, 0.25) is 0 Å². The zero-order valence-electron chi connectivity index (χ0n) is 16.0. The number of para-hydroxylation sites is 1. The van der Waals surface area contributed by atoms with Crippen LogP contribution >= 0.6 is 0 Å². The van der Waals surface area contributed by atoms with Gasteiger partial charge in [-0.15, -0.1) is 0 Å². The minimum Gasteiger partial charge on any atom is -0.457 e. The molecule has 0 amide bonds. The average Bonchev–Trinajstić information content (AvgIpc) is 3.24. The van der Waals surface area contributed by atoms with Gasteiger partial charge in [0.05, 0.1) is 6.20 Å². The van der Waals surface area contributed by atoms with E-state index in [-0.39, 0.29) is 11.7 Å². The van der Waals surface area contributed by atoms with E-state index in [1.807, 2.05) is 79.7 Å². The van der Waals surface area contributed by atoms with Gasteiger partial charge in [-0.2, -0.15) is 0 Å². The zero-order valence-corrected chi connectivity index (χ0v) is 16.0. The van der Waals surface area contributed by atoms with Crippen LogP contribution in [0.25, 0.3) is 11.5 Å². The lowest BCUT2D eigenvalue weighted by atomic mass is 10.1. The number of Topliss-reactive ketones (excluding diaryl/α,β-unsaturated/α-hetero) is 1. The lowest BCUT2D eigenvalue weighted by Crippen LogP contribution is -2.01. The molecule has 0 N–H and O–H groups in total. The molecule has 2 aromatic heterocycles. The Morgan fingerprint density at radius 3 is 2.45 bits per heavy atom. The van der Waals surface area contributed by atoms with Crippen LogP contribution in [0.1, 0.15) is 28.4 Å². The van der Waals surface area contributed by atoms with Crippen molar-refractivity contribution >= 4 is 5.78 Å². The summed E-state index contributed by atoms with van der Waals surface area (Å²) in [5.74, 6) is 2.04. The summed E-state index contributed by atoms with van der Waals surface area (Å²) in [5, 5.41) is 0. The van der Waals surface area contributed by atoms with Crippen LogP contribution in [0.3, 0.4) is 0 Å². The van der Waals surface area contributed by atoms with Gasteiger partial charge in [-0.3, -0.25) is 4.79 Å². The number of nitrogens with zero attached hydrogens (tertiary/aromatic N) is 2. The third-order valence-electron chi connectivity index (χ3n) is 4.43. The van der Waals surface area contributed by atoms with Crippen LogP contribution in [0.4, 0.5) is 0 Å². The summed E-state index contributed by atoms with van der Waals surface area (Å²) in [6.07, 6.45) is 2.47. The van der Waals surface area contributed by atoms with Gasteiger partial charge in [0.1, 0.15) is 17.2 Å². The number of ketones is 1. The normalized spacial score (nSPS) is 10.7. The van der Waals surface area contributed by atoms with E-state index in [1.54, 1.807) is 6.20 Å². The Morgan fingerprint density at radius 2 is 1.69 bits per heavy atom. The first-order valence-electron chi connectivity index (χ1n) is 9.42. The monoisotopic (exact) mass is 384 g/mol. The number of carbonyl (C=O) groups is 1. The van der Waals surface area contributed by atoms with Gasteiger partial charge < -0.3 is 9.15 Å². The van der Waals surface area contributed by atoms with Crippen molar-refractivity contribution in [3.8, 4) is 23.0 Å². The van der Waals surface area contributed by atoms with Crippen LogP contribution in [0.15, 0.2) is 83.4 Å². The highest BCUT2D eigenvalue weighted by Crippen LogP contribution is 2.22. The first-order valence-corrected chi connectivity index (χ1v) is 9.42. The van der Waals surface area contributed by atoms with Gasteiger partial charge >= 0.3 is 0 Å². The van der Waals surface area contributed by atoms with E-state index in [0.717, 1.165) is 22.8 Å². The summed E-state index contributed by atoms with van der Waals surface area (Å²) in [6.45, 7) is 1.90. The third-order valence-corrected chi connectivity index (χ3v) is 4.43. The van der Waals surface area contributed by atoms with Crippen molar-refractivity contribution in [1.82, 2.24) is 9.97 Å². The van der Waals surface area contributed by atoms with Gasteiger partial charge in [-0.25, -0.2) is 9.97 Å². The Morgan fingerprint density at radius 1 is 0.931 bits per heavy atom. The molecule has 0 saturated heterocycles. The lowest BCUT2D eigenvalue weighted by molar-refractivity contribution is 0.0950. The molecule has 29 heavy (non-hydrogen) atoms. The minimum absolute atomic E-state index is 0.118. The quantitative estimate of drug-likeness (QED) is 0.385. The molecule has 0 saturated carbocycles. The van der Waals surface area contributed by atoms with Crippen LogP contribution in [0, 0.1) is 6.92 Å². The maximum absolute atomic E-state index is 12.4. The molecule has 0 fully saturated rings. The number of hydrogen-bond donors (Lipinski definition) is 0. The van der Waals surface area contributed by atoms with Crippen molar-refractivity contribution in [2.24, 2.45) is 0 Å². The molecule has 4 rings (SSSR count). The third kappa shape index (κ3) is 4.76. The Balaban J connectivity index is 1.35. The fourth-order valence-electron chi connectivity index (χ4n) is 2.92. The fourth-order valence-corrected chi connectivity index (χ4v) is 2.92. The molecule has 2 aromatic carbocycles. The van der Waals surface area contributed by atoms with E-state index in [9.17, 15) is 4.79 Å². The molecule has 5 nitrogen and oxygen atoms in total. The van der Waals surface area contributed by atoms with Crippen LogP contribution in [-0.2, 0) is 6.42 Å². The van der Waals surface area contributed by atoms with E-state index in [1.165, 1.54) is 0 Å². The number of oxazole rings is 1. The molecule has 2 heterocycles. The van der Waals surface area contributed by atoms with Crippen LogP contribution < -0.4 is 4.74 Å². The largest absolute Gasteiger partial charge is 0.457 e. The standard InChI is InChI=1S/C24H20N2O3/c1-17-6-5-9-21(26-17)23-16-25-24(29-23)22(27)15-12-18-10-13-20(14-11-18)28-19-7-3-2-4-8-19/h2-11,13-14,16H,12,15H2,1H3. The molecule has 5 heteroatoms. The maximum atomic E-state index is 12.4. The van der Waals surface area contributed by atoms with Gasteiger partial charge in [-0.1, -0.05) is 36.4 Å². The Bertz CT molecular complexity index is 1100. The predicted octanol–water partition coefficient (Wildman–Crippen LogP) is 5.65. The molecule has 0 aliphatic carbocycles. The van der Waals surface area contributed by atoms with Crippen molar-refractivity contribution in [1.29, 1.82) is 0 Å². The first-order chi connectivity index (χ1) is 14.2. The summed E-state index contributed by atoms with van der Waals surface area (Å²) < 4.78 is 11.4. The second-order valence-corrected chi connectivity index (χ2v) is 6.68. The molecular formula is C24H20N2O3. The number of carbonyl (C=O) groups excluding carboxylic acids is 1. The topological polar surface area (TPSA) is 65.2 Å². The van der Waals surface area contributed by atoms with E-state index in [4.69, 9.17) is 9.15 Å². The Labute approximate surface area is 169 Å². The molecule has 144 valence electrons. The number of ether oxygens (including phenoxy) is 1. The molecule has 0 unspecified atom stereocenters. The van der Waals surface area contributed by atoms with Crippen molar-refractivity contribution in [2.75, 3.05) is 0 Å². The van der Waals surface area contributed by atoms with Crippen molar-refractivity contribution in [3.05, 3.63) is 96.1 Å². The van der Waals surface area contributed by atoms with Crippen LogP contribution in [-0.4, -0.2) is 15.8 Å². The van der Waals surface area contributed by atoms with Gasteiger partial charge in [-0.05, 0) is 55.3 Å². The number of hydrogen-bond acceptors (Lipinski definition) is 5. The number of benzene rings is 2. The van der Waals surface area contributed by atoms with Crippen LogP contribution in [0.5, 0.6) is 11.5 Å². The highest BCUT2D eigenvalue weighted by atomic mass is 16.5. The SMILES string of the molecule is Cc1cccc(-c2cnc(C(=O)CCc3ccc(Oc4ccccc4)cc3)o2)n1. The smallest absolute Gasteiger partial charge is 0.263 e. The molecule has 0 aliphatic rings. The zero-order chi connectivity index (χ0) is 20.1. The van der Waals surface area contributed by atoms with Gasteiger partial charge in [0.25, 0.3) is 5.89 Å². The summed E-state index contributed by atoms with van der Waals surface area (Å²) in [4.78, 5) is 20.9. The molecule has 4 aromatic rings. The fraction of sp³-hybridized carbons (Fsp3) is 0.125. The second kappa shape index (κ2) is 8.52. The Hall–Kier alpha value is -3.73. The van der Waals surface area contributed by atoms with Crippen molar-refractivity contribution < 1.29 is 13.9 Å². The summed E-state index contributed by atoms with van der Waals surface area (Å²) >= 11 is 0. The molecule has 0 aliphatic heterocycles. The van der Waals surface area contributed by atoms with Gasteiger partial charge in [0.15, 0.2) is 5.76 Å². The number of aryl methyl sites for hydroxylation is 2. The van der Waals surface area contributed by atoms with E-state index >= 15 is 0 Å². The molecular weight excluding hydrogens is 364 g/mol. The number of pyridine rings is 1. The highest BCUT2D eigenvalue weighted by Gasteiger charge is 2.15. The molecule has 0 atom stereocenters. The second-order valence-electron chi connectivity index (χ2n) is 6.68. The van der Waals surface area contributed by atoms with Crippen molar-refractivity contribution in [2.45, 2.75) is 19.8 Å². The number of aromatic nitrogens is 2. The molecule has 0 spiro atoms. The average molecular weight is 384 g/mol. The number of rotatable bonds is 7. The van der Waals surface area contributed by atoms with Gasteiger partial charge in [0.2, 0.25) is 5.78 Å². The van der Waals surface area contributed by atoms with E-state index < -0.39 is 0 Å². The maximum Gasteiger partial charge on any atom is 0.263 e. The first kappa shape index (κ1) is 18.6. The van der Waals surface area contributed by atoms with E-state index in [2.05, 4.69) is 9.97 Å². The highest BCUT2D eigenvalue weighted by molar-refractivity contribution is 5.92. The summed E-state index contributed by atoms with van der Waals surface area (Å²) in [5.41, 5.74) is 2.60.